The molecule has 0 atom stereocenters. The highest BCUT2D eigenvalue weighted by Gasteiger charge is 2.21. The van der Waals surface area contributed by atoms with Gasteiger partial charge in [0, 0.05) is 17.5 Å². The van der Waals surface area contributed by atoms with Crippen molar-refractivity contribution in [1.82, 2.24) is 4.98 Å². The Morgan fingerprint density at radius 1 is 1.11 bits per heavy atom. The highest BCUT2D eigenvalue weighted by Crippen LogP contribution is 2.33. The Labute approximate surface area is 111 Å². The number of hydrogen-bond acceptors (Lipinski definition) is 2. The van der Waals surface area contributed by atoms with Crippen molar-refractivity contribution in [2.45, 2.75) is 25.7 Å². The molecule has 0 bridgehead atoms. The number of aromatic carboxylic acids is 1. The maximum absolute atomic E-state index is 11.4. The summed E-state index contributed by atoms with van der Waals surface area (Å²) in [4.78, 5) is 15.8. The first-order chi connectivity index (χ1) is 9.27. The lowest BCUT2D eigenvalue weighted by molar-refractivity contribution is 0.0697. The lowest BCUT2D eigenvalue weighted by Gasteiger charge is -2.20. The molecule has 0 amide bonds. The molecule has 0 saturated heterocycles. The van der Waals surface area contributed by atoms with E-state index in [1.807, 2.05) is 30.3 Å². The molecule has 2 aromatic rings. The molecule has 19 heavy (non-hydrogen) atoms. The Balaban J connectivity index is 2.27. The van der Waals surface area contributed by atoms with Gasteiger partial charge in [0.2, 0.25) is 0 Å². The Hall–Kier alpha value is -2.16. The van der Waals surface area contributed by atoms with Crippen molar-refractivity contribution in [1.29, 1.82) is 0 Å². The average Bonchev–Trinajstić information content (AvgIpc) is 2.46. The van der Waals surface area contributed by atoms with Crippen molar-refractivity contribution in [3.63, 3.8) is 0 Å². The summed E-state index contributed by atoms with van der Waals surface area (Å²) >= 11 is 0. The van der Waals surface area contributed by atoms with Gasteiger partial charge in [0.25, 0.3) is 0 Å². The molecule has 0 fully saturated rings. The van der Waals surface area contributed by atoms with Crippen LogP contribution in [-0.4, -0.2) is 16.1 Å². The van der Waals surface area contributed by atoms with Gasteiger partial charge in [-0.2, -0.15) is 0 Å². The number of carbonyl (C=O) groups is 1. The van der Waals surface area contributed by atoms with Crippen LogP contribution in [0.5, 0.6) is 0 Å². The number of aromatic nitrogens is 1. The van der Waals surface area contributed by atoms with E-state index in [0.29, 0.717) is 5.56 Å². The van der Waals surface area contributed by atoms with E-state index < -0.39 is 5.97 Å². The van der Waals surface area contributed by atoms with E-state index >= 15 is 0 Å². The van der Waals surface area contributed by atoms with Crippen LogP contribution in [0.1, 0.15) is 34.5 Å². The predicted octanol–water partition coefficient (Wildman–Crippen LogP) is 3.33. The number of carboxylic acid groups (broad SMARTS) is 1. The molecule has 96 valence electrons. The van der Waals surface area contributed by atoms with E-state index in [1.165, 1.54) is 6.20 Å². The van der Waals surface area contributed by atoms with Crippen LogP contribution >= 0.6 is 0 Å². The van der Waals surface area contributed by atoms with E-state index in [-0.39, 0.29) is 0 Å². The Kier molecular flexibility index (Phi) is 3.03. The highest BCUT2D eigenvalue weighted by molar-refractivity contribution is 5.97. The summed E-state index contributed by atoms with van der Waals surface area (Å²) in [5.41, 5.74) is 4.33. The molecule has 0 aliphatic heterocycles. The van der Waals surface area contributed by atoms with E-state index in [4.69, 9.17) is 0 Å². The molecule has 1 heterocycles. The lowest BCUT2D eigenvalue weighted by Crippen LogP contribution is -2.11. The first kappa shape index (κ1) is 11.9. The highest BCUT2D eigenvalue weighted by atomic mass is 16.4. The molecule has 3 heteroatoms. The van der Waals surface area contributed by atoms with Gasteiger partial charge in [-0.15, -0.1) is 0 Å². The molecule has 1 aliphatic rings. The monoisotopic (exact) mass is 253 g/mol. The first-order valence-corrected chi connectivity index (χ1v) is 6.57. The van der Waals surface area contributed by atoms with Crippen molar-refractivity contribution >= 4 is 5.97 Å². The molecule has 0 saturated carbocycles. The number of pyridine rings is 1. The fraction of sp³-hybridized carbons (Fsp3) is 0.250. The number of nitrogens with zero attached hydrogens (tertiary/aromatic N) is 1. The van der Waals surface area contributed by atoms with Crippen LogP contribution in [0.4, 0.5) is 0 Å². The van der Waals surface area contributed by atoms with Crippen LogP contribution in [0, 0.1) is 0 Å². The number of carboxylic acids is 1. The third-order valence-electron chi connectivity index (χ3n) is 3.65. The van der Waals surface area contributed by atoms with Gasteiger partial charge in [0.1, 0.15) is 0 Å². The second kappa shape index (κ2) is 4.84. The van der Waals surface area contributed by atoms with Gasteiger partial charge >= 0.3 is 5.97 Å². The summed E-state index contributed by atoms with van der Waals surface area (Å²) < 4.78 is 0. The molecular weight excluding hydrogens is 238 g/mol. The van der Waals surface area contributed by atoms with Crippen LogP contribution in [0.25, 0.3) is 11.1 Å². The van der Waals surface area contributed by atoms with Crippen LogP contribution in [0.15, 0.2) is 36.5 Å². The largest absolute Gasteiger partial charge is 0.478 e. The molecule has 1 N–H and O–H groups in total. The van der Waals surface area contributed by atoms with Gasteiger partial charge in [0.15, 0.2) is 0 Å². The quantitative estimate of drug-likeness (QED) is 0.893. The van der Waals surface area contributed by atoms with E-state index in [1.54, 1.807) is 0 Å². The van der Waals surface area contributed by atoms with Crippen molar-refractivity contribution in [2.75, 3.05) is 0 Å². The summed E-state index contributed by atoms with van der Waals surface area (Å²) in [6, 6.07) is 9.76. The predicted molar refractivity (Wildman–Crippen MR) is 73.3 cm³/mol. The molecule has 0 spiro atoms. The normalized spacial score (nSPS) is 13.9. The molecule has 1 aliphatic carbocycles. The first-order valence-electron chi connectivity index (χ1n) is 6.57. The number of hydrogen-bond donors (Lipinski definition) is 1. The van der Waals surface area contributed by atoms with Crippen LogP contribution in [-0.2, 0) is 12.8 Å². The van der Waals surface area contributed by atoms with E-state index in [0.717, 1.165) is 48.1 Å². The minimum atomic E-state index is -0.903. The SMILES string of the molecule is O=C(O)c1cnc2c(c1-c1ccccc1)CCCC2. The standard InChI is InChI=1S/C16H15NO2/c18-16(19)13-10-17-14-9-5-4-8-12(14)15(13)11-6-2-1-3-7-11/h1-3,6-7,10H,4-5,8-9H2,(H,18,19). The molecule has 1 aromatic carbocycles. The van der Waals surface area contributed by atoms with E-state index in [9.17, 15) is 9.90 Å². The van der Waals surface area contributed by atoms with Crippen LogP contribution in [0.3, 0.4) is 0 Å². The fourth-order valence-corrected chi connectivity index (χ4v) is 2.77. The van der Waals surface area contributed by atoms with Crippen LogP contribution < -0.4 is 0 Å². The Bertz CT molecular complexity index is 620. The Morgan fingerprint density at radius 2 is 1.84 bits per heavy atom. The molecule has 3 nitrogen and oxygen atoms in total. The van der Waals surface area contributed by atoms with Gasteiger partial charge < -0.3 is 5.11 Å². The zero-order valence-electron chi connectivity index (χ0n) is 10.6. The third kappa shape index (κ3) is 2.12. The number of fused-ring (bicyclic) bond motifs is 1. The second-order valence-corrected chi connectivity index (χ2v) is 4.85. The van der Waals surface area contributed by atoms with Gasteiger partial charge in [-0.25, -0.2) is 4.79 Å². The van der Waals surface area contributed by atoms with Gasteiger partial charge in [0.05, 0.1) is 5.56 Å². The average molecular weight is 253 g/mol. The maximum atomic E-state index is 11.4. The summed E-state index contributed by atoms with van der Waals surface area (Å²) in [5.74, 6) is -0.903. The Morgan fingerprint density at radius 3 is 2.58 bits per heavy atom. The van der Waals surface area contributed by atoms with Crippen molar-refractivity contribution in [3.8, 4) is 11.1 Å². The number of benzene rings is 1. The summed E-state index contributed by atoms with van der Waals surface area (Å²) in [5, 5.41) is 9.39. The number of aryl methyl sites for hydroxylation is 1. The van der Waals surface area contributed by atoms with Gasteiger partial charge in [-0.05, 0) is 36.8 Å². The smallest absolute Gasteiger partial charge is 0.337 e. The molecule has 0 radical (unpaired) electrons. The zero-order chi connectivity index (χ0) is 13.2. The topological polar surface area (TPSA) is 50.2 Å². The summed E-state index contributed by atoms with van der Waals surface area (Å²) in [7, 11) is 0. The zero-order valence-corrected chi connectivity index (χ0v) is 10.6. The second-order valence-electron chi connectivity index (χ2n) is 4.85. The molecular formula is C16H15NO2. The minimum Gasteiger partial charge on any atom is -0.478 e. The van der Waals surface area contributed by atoms with E-state index in [2.05, 4.69) is 4.98 Å². The minimum absolute atomic E-state index is 0.312. The van der Waals surface area contributed by atoms with Crippen LogP contribution in [0.2, 0.25) is 0 Å². The summed E-state index contributed by atoms with van der Waals surface area (Å²) in [6.07, 6.45) is 5.63. The number of rotatable bonds is 2. The van der Waals surface area contributed by atoms with Crippen molar-refractivity contribution in [2.24, 2.45) is 0 Å². The third-order valence-corrected chi connectivity index (χ3v) is 3.65. The fourth-order valence-electron chi connectivity index (χ4n) is 2.77. The van der Waals surface area contributed by atoms with Crippen molar-refractivity contribution < 1.29 is 9.90 Å². The molecule has 3 rings (SSSR count). The lowest BCUT2D eigenvalue weighted by atomic mass is 9.87. The van der Waals surface area contributed by atoms with Gasteiger partial charge in [-0.3, -0.25) is 4.98 Å². The van der Waals surface area contributed by atoms with Gasteiger partial charge in [-0.1, -0.05) is 30.3 Å². The summed E-state index contributed by atoms with van der Waals surface area (Å²) in [6.45, 7) is 0. The van der Waals surface area contributed by atoms with Crippen molar-refractivity contribution in [3.05, 3.63) is 53.3 Å². The maximum Gasteiger partial charge on any atom is 0.337 e. The molecule has 0 unspecified atom stereocenters. The molecule has 1 aromatic heterocycles.